The lowest BCUT2D eigenvalue weighted by Gasteiger charge is -2.54. The first kappa shape index (κ1) is 16.2. The summed E-state index contributed by atoms with van der Waals surface area (Å²) in [5.74, 6) is -0.888. The summed E-state index contributed by atoms with van der Waals surface area (Å²) in [7, 11) is 0. The van der Waals surface area contributed by atoms with E-state index >= 15 is 0 Å². The Bertz CT molecular complexity index is 665. The molecule has 4 nitrogen and oxygen atoms in total. The topological polar surface area (TPSA) is 74.6 Å². The normalized spacial score (nSPS) is 32.7. The molecular formula is C19H24O4. The fraction of sp³-hybridized carbons (Fsp3) is 0.579. The fourth-order valence-corrected chi connectivity index (χ4v) is 5.04. The van der Waals surface area contributed by atoms with Crippen LogP contribution in [0.4, 0.5) is 0 Å². The van der Waals surface area contributed by atoms with E-state index in [1.807, 2.05) is 18.2 Å². The van der Waals surface area contributed by atoms with E-state index < -0.39 is 11.4 Å². The standard InChI is InChI=1S/C19H24O4/c1-12(21)13-4-6-15-14(10-13)5-7-16-18(15,2)8-3-9-19(16,11-20)17(22)23/h4,6,10,16,20H,3,5,7-9,11H2,1-2H3,(H,22,23)/t16-,18-,19-/m1/s1. The van der Waals surface area contributed by atoms with E-state index in [-0.39, 0.29) is 23.7 Å². The molecule has 3 atom stereocenters. The molecule has 3 rings (SSSR count). The zero-order valence-corrected chi connectivity index (χ0v) is 13.8. The van der Waals surface area contributed by atoms with Gasteiger partial charge in [0, 0.05) is 5.56 Å². The summed E-state index contributed by atoms with van der Waals surface area (Å²) in [5.41, 5.74) is 1.76. The second kappa shape index (κ2) is 5.45. The van der Waals surface area contributed by atoms with Crippen LogP contribution in [0.1, 0.15) is 61.0 Å². The van der Waals surface area contributed by atoms with Gasteiger partial charge in [-0.1, -0.05) is 25.5 Å². The minimum atomic E-state index is -1.04. The molecule has 0 radical (unpaired) electrons. The molecule has 0 aromatic heterocycles. The van der Waals surface area contributed by atoms with Crippen molar-refractivity contribution in [1.29, 1.82) is 0 Å². The van der Waals surface area contributed by atoms with Crippen LogP contribution in [0.25, 0.3) is 0 Å². The van der Waals surface area contributed by atoms with Crippen molar-refractivity contribution in [3.8, 4) is 0 Å². The van der Waals surface area contributed by atoms with Crippen molar-refractivity contribution in [3.63, 3.8) is 0 Å². The van der Waals surface area contributed by atoms with Crippen LogP contribution in [-0.4, -0.2) is 28.6 Å². The SMILES string of the molecule is CC(=O)c1ccc2c(c1)CC[C@H]1[C@@](CO)(C(=O)O)CCC[C@]21C. The molecule has 0 aliphatic heterocycles. The van der Waals surface area contributed by atoms with Gasteiger partial charge in [0.1, 0.15) is 0 Å². The first-order valence-corrected chi connectivity index (χ1v) is 8.34. The summed E-state index contributed by atoms with van der Waals surface area (Å²) in [6.07, 6.45) is 3.79. The summed E-state index contributed by atoms with van der Waals surface area (Å²) >= 11 is 0. The number of rotatable bonds is 3. The lowest BCUT2D eigenvalue weighted by atomic mass is 9.49. The number of aryl methyl sites for hydroxylation is 1. The van der Waals surface area contributed by atoms with Gasteiger partial charge in [0.2, 0.25) is 0 Å². The van der Waals surface area contributed by atoms with Gasteiger partial charge in [0.25, 0.3) is 0 Å². The summed E-state index contributed by atoms with van der Waals surface area (Å²) in [4.78, 5) is 23.6. The molecule has 1 aromatic carbocycles. The van der Waals surface area contributed by atoms with E-state index in [0.717, 1.165) is 36.8 Å². The molecule has 0 heterocycles. The van der Waals surface area contributed by atoms with Crippen molar-refractivity contribution in [2.75, 3.05) is 6.61 Å². The number of carbonyl (C=O) groups is 2. The van der Waals surface area contributed by atoms with Crippen LogP contribution >= 0.6 is 0 Å². The number of fused-ring (bicyclic) bond motifs is 3. The third kappa shape index (κ3) is 2.23. The van der Waals surface area contributed by atoms with Gasteiger partial charge in [-0.2, -0.15) is 0 Å². The highest BCUT2D eigenvalue weighted by Gasteiger charge is 2.57. The Hall–Kier alpha value is -1.68. The highest BCUT2D eigenvalue weighted by Crippen LogP contribution is 2.57. The van der Waals surface area contributed by atoms with Crippen LogP contribution in [0, 0.1) is 11.3 Å². The zero-order chi connectivity index (χ0) is 16.8. The summed E-state index contributed by atoms with van der Waals surface area (Å²) in [5, 5.41) is 19.7. The molecule has 1 saturated carbocycles. The van der Waals surface area contributed by atoms with Gasteiger partial charge in [-0.15, -0.1) is 0 Å². The monoisotopic (exact) mass is 316 g/mol. The lowest BCUT2D eigenvalue weighted by molar-refractivity contribution is -0.164. The number of carboxylic acid groups (broad SMARTS) is 1. The van der Waals surface area contributed by atoms with Crippen molar-refractivity contribution in [2.45, 2.75) is 51.4 Å². The van der Waals surface area contributed by atoms with Crippen LogP contribution in [-0.2, 0) is 16.6 Å². The molecule has 0 amide bonds. The molecule has 4 heteroatoms. The molecule has 124 valence electrons. The number of benzene rings is 1. The van der Waals surface area contributed by atoms with Crippen molar-refractivity contribution in [3.05, 3.63) is 34.9 Å². The first-order chi connectivity index (χ1) is 10.8. The number of Topliss-reactive ketones (excluding diaryl/α,β-unsaturated/α-hetero) is 1. The molecule has 2 aliphatic rings. The molecule has 0 unspecified atom stereocenters. The van der Waals surface area contributed by atoms with Crippen molar-refractivity contribution >= 4 is 11.8 Å². The third-order valence-corrected chi connectivity index (χ3v) is 6.29. The zero-order valence-electron chi connectivity index (χ0n) is 13.8. The average Bonchev–Trinajstić information content (AvgIpc) is 2.52. The van der Waals surface area contributed by atoms with E-state index in [1.165, 1.54) is 0 Å². The Kier molecular flexibility index (Phi) is 3.83. The largest absolute Gasteiger partial charge is 0.481 e. The Morgan fingerprint density at radius 2 is 2.04 bits per heavy atom. The quantitative estimate of drug-likeness (QED) is 0.841. The Morgan fingerprint density at radius 3 is 2.65 bits per heavy atom. The number of hydrogen-bond acceptors (Lipinski definition) is 3. The molecule has 0 saturated heterocycles. The highest BCUT2D eigenvalue weighted by molar-refractivity contribution is 5.94. The predicted octanol–water partition coefficient (Wildman–Crippen LogP) is 2.96. The number of aliphatic carboxylic acids is 1. The number of aliphatic hydroxyl groups is 1. The Balaban J connectivity index is 2.11. The number of carbonyl (C=O) groups excluding carboxylic acids is 1. The third-order valence-electron chi connectivity index (χ3n) is 6.29. The predicted molar refractivity (Wildman–Crippen MR) is 86.6 cm³/mol. The molecule has 23 heavy (non-hydrogen) atoms. The van der Waals surface area contributed by atoms with Crippen LogP contribution in [0.3, 0.4) is 0 Å². The Morgan fingerprint density at radius 1 is 1.30 bits per heavy atom. The van der Waals surface area contributed by atoms with Crippen molar-refractivity contribution < 1.29 is 19.8 Å². The Labute approximate surface area is 136 Å². The summed E-state index contributed by atoms with van der Waals surface area (Å²) < 4.78 is 0. The van der Waals surface area contributed by atoms with Gasteiger partial charge in [-0.25, -0.2) is 0 Å². The maximum Gasteiger partial charge on any atom is 0.312 e. The van der Waals surface area contributed by atoms with Crippen LogP contribution in [0.2, 0.25) is 0 Å². The van der Waals surface area contributed by atoms with Crippen LogP contribution < -0.4 is 0 Å². The van der Waals surface area contributed by atoms with E-state index in [9.17, 15) is 19.8 Å². The number of ketones is 1. The van der Waals surface area contributed by atoms with E-state index in [1.54, 1.807) is 6.92 Å². The van der Waals surface area contributed by atoms with Crippen molar-refractivity contribution in [2.24, 2.45) is 11.3 Å². The van der Waals surface area contributed by atoms with Gasteiger partial charge in [0.15, 0.2) is 5.78 Å². The van der Waals surface area contributed by atoms with E-state index in [2.05, 4.69) is 6.92 Å². The fourth-order valence-electron chi connectivity index (χ4n) is 5.04. The smallest absolute Gasteiger partial charge is 0.312 e. The second-order valence-corrected chi connectivity index (χ2v) is 7.41. The molecule has 1 fully saturated rings. The molecule has 2 N–H and O–H groups in total. The molecule has 2 aliphatic carbocycles. The van der Waals surface area contributed by atoms with Crippen LogP contribution in [0.5, 0.6) is 0 Å². The van der Waals surface area contributed by atoms with Crippen LogP contribution in [0.15, 0.2) is 18.2 Å². The van der Waals surface area contributed by atoms with Gasteiger partial charge >= 0.3 is 5.97 Å². The summed E-state index contributed by atoms with van der Waals surface area (Å²) in [6.45, 7) is 3.40. The second-order valence-electron chi connectivity index (χ2n) is 7.41. The molecular weight excluding hydrogens is 292 g/mol. The lowest BCUT2D eigenvalue weighted by Crippen LogP contribution is -2.55. The van der Waals surface area contributed by atoms with Gasteiger partial charge in [0.05, 0.1) is 12.0 Å². The number of aliphatic hydroxyl groups excluding tert-OH is 1. The molecule has 0 spiro atoms. The first-order valence-electron chi connectivity index (χ1n) is 8.34. The highest BCUT2D eigenvalue weighted by atomic mass is 16.4. The molecule has 0 bridgehead atoms. The van der Waals surface area contributed by atoms with Gasteiger partial charge in [-0.3, -0.25) is 9.59 Å². The van der Waals surface area contributed by atoms with E-state index in [0.29, 0.717) is 12.0 Å². The average molecular weight is 316 g/mol. The maximum absolute atomic E-state index is 12.0. The minimum absolute atomic E-state index is 0.0546. The molecule has 1 aromatic rings. The minimum Gasteiger partial charge on any atom is -0.481 e. The maximum atomic E-state index is 12.0. The number of carboxylic acids is 1. The summed E-state index contributed by atoms with van der Waals surface area (Å²) in [6, 6.07) is 5.83. The van der Waals surface area contributed by atoms with E-state index in [4.69, 9.17) is 0 Å². The van der Waals surface area contributed by atoms with Gasteiger partial charge in [-0.05, 0) is 61.1 Å². The van der Waals surface area contributed by atoms with Crippen molar-refractivity contribution in [1.82, 2.24) is 0 Å². The number of hydrogen-bond donors (Lipinski definition) is 2. The van der Waals surface area contributed by atoms with Gasteiger partial charge < -0.3 is 10.2 Å².